The Hall–Kier alpha value is -1.49. The van der Waals surface area contributed by atoms with Crippen LogP contribution < -0.4 is 15.4 Å². The molecule has 1 aliphatic rings. The normalized spacial score (nSPS) is 17.0. The molecule has 21 heavy (non-hydrogen) atoms. The summed E-state index contributed by atoms with van der Waals surface area (Å²) in [5.74, 6) is -0.0951. The van der Waals surface area contributed by atoms with Crippen molar-refractivity contribution in [3.05, 3.63) is 17.9 Å². The number of ether oxygens (including phenoxy) is 1. The van der Waals surface area contributed by atoms with Crippen LogP contribution in [0.25, 0.3) is 0 Å². The van der Waals surface area contributed by atoms with Crippen LogP contribution in [0.5, 0.6) is 5.75 Å². The molecule has 0 amide bonds. The third kappa shape index (κ3) is 3.79. The van der Waals surface area contributed by atoms with Gasteiger partial charge in [0, 0.05) is 25.2 Å². The number of benzene rings is 1. The third-order valence-electron chi connectivity index (χ3n) is 4.16. The van der Waals surface area contributed by atoms with Crippen LogP contribution in [0.3, 0.4) is 0 Å². The molecule has 1 aliphatic heterocycles. The van der Waals surface area contributed by atoms with Crippen molar-refractivity contribution in [2.45, 2.75) is 32.2 Å². The Bertz CT molecular complexity index is 473. The summed E-state index contributed by atoms with van der Waals surface area (Å²) in [6.45, 7) is 4.67. The Morgan fingerprint density at radius 2 is 2.05 bits per heavy atom. The van der Waals surface area contributed by atoms with Gasteiger partial charge in [-0.3, -0.25) is 0 Å². The van der Waals surface area contributed by atoms with E-state index in [9.17, 15) is 4.39 Å². The number of nitrogens with two attached hydrogens (primary N) is 1. The molecule has 0 unspecified atom stereocenters. The Labute approximate surface area is 126 Å². The number of nitrogens with zero attached hydrogens (tertiary/aromatic N) is 2. The van der Waals surface area contributed by atoms with Crippen molar-refractivity contribution in [1.29, 1.82) is 0 Å². The van der Waals surface area contributed by atoms with Crippen LogP contribution in [-0.2, 0) is 0 Å². The first kappa shape index (κ1) is 15.9. The number of rotatable bonds is 5. The summed E-state index contributed by atoms with van der Waals surface area (Å²) in [5.41, 5.74) is 7.33. The molecule has 0 radical (unpaired) electrons. The van der Waals surface area contributed by atoms with Gasteiger partial charge in [-0.15, -0.1) is 0 Å². The highest BCUT2D eigenvalue weighted by molar-refractivity contribution is 5.70. The minimum atomic E-state index is -0.388. The van der Waals surface area contributed by atoms with Gasteiger partial charge >= 0.3 is 0 Å². The fraction of sp³-hybridized carbons (Fsp3) is 0.625. The van der Waals surface area contributed by atoms with Crippen molar-refractivity contribution >= 4 is 11.4 Å². The molecule has 0 saturated carbocycles. The van der Waals surface area contributed by atoms with Crippen LogP contribution in [0.4, 0.5) is 15.8 Å². The summed E-state index contributed by atoms with van der Waals surface area (Å²) in [6, 6.07) is 3.54. The lowest BCUT2D eigenvalue weighted by atomic mass is 10.0. The Morgan fingerprint density at radius 3 is 2.67 bits per heavy atom. The first-order chi connectivity index (χ1) is 10.0. The Balaban J connectivity index is 2.17. The highest BCUT2D eigenvalue weighted by Gasteiger charge is 2.23. The minimum Gasteiger partial charge on any atom is -0.490 e. The van der Waals surface area contributed by atoms with Crippen LogP contribution >= 0.6 is 0 Å². The zero-order chi connectivity index (χ0) is 15.4. The van der Waals surface area contributed by atoms with Crippen molar-refractivity contribution in [2.75, 3.05) is 44.4 Å². The first-order valence-corrected chi connectivity index (χ1v) is 7.66. The van der Waals surface area contributed by atoms with Gasteiger partial charge in [-0.2, -0.15) is 0 Å². The van der Waals surface area contributed by atoms with E-state index in [1.54, 1.807) is 6.07 Å². The zero-order valence-corrected chi connectivity index (χ0v) is 13.2. The van der Waals surface area contributed by atoms with Gasteiger partial charge in [0.15, 0.2) is 11.6 Å². The van der Waals surface area contributed by atoms with E-state index in [-0.39, 0.29) is 5.82 Å². The summed E-state index contributed by atoms with van der Waals surface area (Å²) in [7, 11) is 4.17. The molecule has 5 heteroatoms. The molecule has 0 aliphatic carbocycles. The second-order valence-corrected chi connectivity index (χ2v) is 5.84. The predicted molar refractivity (Wildman–Crippen MR) is 85.5 cm³/mol. The van der Waals surface area contributed by atoms with Gasteiger partial charge < -0.3 is 20.3 Å². The maximum absolute atomic E-state index is 13.9. The molecular weight excluding hydrogens is 269 g/mol. The molecule has 0 spiro atoms. The first-order valence-electron chi connectivity index (χ1n) is 7.66. The largest absolute Gasteiger partial charge is 0.490 e. The summed E-state index contributed by atoms with van der Waals surface area (Å²) in [4.78, 5) is 4.49. The average Bonchev–Trinajstić information content (AvgIpc) is 2.46. The summed E-state index contributed by atoms with van der Waals surface area (Å²) in [5, 5.41) is 0. The highest BCUT2D eigenvalue weighted by atomic mass is 19.1. The van der Waals surface area contributed by atoms with Crippen molar-refractivity contribution in [3.63, 3.8) is 0 Å². The number of hydrogen-bond donors (Lipinski definition) is 1. The molecule has 1 saturated heterocycles. The maximum Gasteiger partial charge on any atom is 0.167 e. The summed E-state index contributed by atoms with van der Waals surface area (Å²) in [6.07, 6.45) is 3.04. The van der Waals surface area contributed by atoms with E-state index in [1.165, 1.54) is 6.07 Å². The van der Waals surface area contributed by atoms with E-state index in [1.807, 2.05) is 14.0 Å². The van der Waals surface area contributed by atoms with Gasteiger partial charge in [-0.25, -0.2) is 4.39 Å². The Kier molecular flexibility index (Phi) is 5.28. The lowest BCUT2D eigenvalue weighted by Crippen LogP contribution is -2.42. The molecule has 1 aromatic rings. The zero-order valence-electron chi connectivity index (χ0n) is 13.2. The average molecular weight is 295 g/mol. The maximum atomic E-state index is 13.9. The predicted octanol–water partition coefficient (Wildman–Crippen LogP) is 2.73. The number of likely N-dealkylation sites (tertiary alicyclic amines) is 1. The van der Waals surface area contributed by atoms with Crippen LogP contribution in [0.2, 0.25) is 0 Å². The molecule has 4 nitrogen and oxygen atoms in total. The second-order valence-electron chi connectivity index (χ2n) is 5.84. The van der Waals surface area contributed by atoms with E-state index >= 15 is 0 Å². The number of piperidine rings is 1. The molecule has 0 atom stereocenters. The molecule has 118 valence electrons. The summed E-state index contributed by atoms with van der Waals surface area (Å²) < 4.78 is 19.4. The topological polar surface area (TPSA) is 41.7 Å². The lowest BCUT2D eigenvalue weighted by Gasteiger charge is -2.37. The van der Waals surface area contributed by atoms with E-state index in [4.69, 9.17) is 10.5 Å². The van der Waals surface area contributed by atoms with Crippen LogP contribution in [0, 0.1) is 5.82 Å². The van der Waals surface area contributed by atoms with E-state index in [0.717, 1.165) is 38.0 Å². The smallest absolute Gasteiger partial charge is 0.167 e. The number of anilines is 2. The van der Waals surface area contributed by atoms with E-state index in [0.29, 0.717) is 24.1 Å². The van der Waals surface area contributed by atoms with Gasteiger partial charge in [-0.05, 0) is 39.4 Å². The van der Waals surface area contributed by atoms with Crippen molar-refractivity contribution in [2.24, 2.45) is 0 Å². The monoisotopic (exact) mass is 295 g/mol. The van der Waals surface area contributed by atoms with Gasteiger partial charge in [0.1, 0.15) is 0 Å². The number of hydrogen-bond acceptors (Lipinski definition) is 4. The van der Waals surface area contributed by atoms with Crippen LogP contribution in [0.1, 0.15) is 26.2 Å². The number of halogens is 1. The summed E-state index contributed by atoms with van der Waals surface area (Å²) >= 11 is 0. The van der Waals surface area contributed by atoms with Gasteiger partial charge in [0.05, 0.1) is 18.0 Å². The van der Waals surface area contributed by atoms with Crippen LogP contribution in [0.15, 0.2) is 12.1 Å². The molecule has 2 N–H and O–H groups in total. The molecule has 0 aromatic heterocycles. The quantitative estimate of drug-likeness (QED) is 0.848. The molecule has 1 heterocycles. The minimum absolute atomic E-state index is 0.292. The highest BCUT2D eigenvalue weighted by Crippen LogP contribution is 2.33. The van der Waals surface area contributed by atoms with Crippen molar-refractivity contribution in [3.8, 4) is 5.75 Å². The third-order valence-corrected chi connectivity index (χ3v) is 4.16. The van der Waals surface area contributed by atoms with Crippen molar-refractivity contribution in [1.82, 2.24) is 4.90 Å². The second kappa shape index (κ2) is 6.98. The Morgan fingerprint density at radius 1 is 1.38 bits per heavy atom. The van der Waals surface area contributed by atoms with Crippen molar-refractivity contribution < 1.29 is 9.13 Å². The fourth-order valence-corrected chi connectivity index (χ4v) is 2.77. The standard InChI is InChI=1S/C16H26FN3O/c1-4-9-21-16-11-15(14(18)10-13(16)17)20(3)12-5-7-19(2)8-6-12/h10-12H,4-9,18H2,1-3H3. The molecule has 0 bridgehead atoms. The SMILES string of the molecule is CCCOc1cc(N(C)C2CCN(C)CC2)c(N)cc1F. The molecule has 2 rings (SSSR count). The van der Waals surface area contributed by atoms with Gasteiger partial charge in [0.25, 0.3) is 0 Å². The van der Waals surface area contributed by atoms with Gasteiger partial charge in [0.2, 0.25) is 0 Å². The van der Waals surface area contributed by atoms with Gasteiger partial charge in [-0.1, -0.05) is 6.92 Å². The molecular formula is C16H26FN3O. The molecule has 1 fully saturated rings. The molecule has 1 aromatic carbocycles. The fourth-order valence-electron chi connectivity index (χ4n) is 2.77. The number of nitrogen functional groups attached to an aromatic ring is 1. The van der Waals surface area contributed by atoms with Crippen LogP contribution in [-0.4, -0.2) is 44.7 Å². The van der Waals surface area contributed by atoms with E-state index < -0.39 is 0 Å². The lowest BCUT2D eigenvalue weighted by molar-refractivity contribution is 0.252. The van der Waals surface area contributed by atoms with E-state index in [2.05, 4.69) is 16.8 Å².